The fraction of sp³-hybridized carbons (Fsp3) is 0.160. The van der Waals surface area contributed by atoms with Crippen molar-refractivity contribution in [2.24, 2.45) is 0 Å². The number of benzene rings is 3. The van der Waals surface area contributed by atoms with Crippen molar-refractivity contribution in [3.63, 3.8) is 0 Å². The van der Waals surface area contributed by atoms with Gasteiger partial charge in [-0.15, -0.1) is 0 Å². The van der Waals surface area contributed by atoms with Crippen molar-refractivity contribution in [3.05, 3.63) is 110 Å². The van der Waals surface area contributed by atoms with E-state index >= 15 is 0 Å². The maximum Gasteiger partial charge on any atom is 0.333 e. The molecule has 162 valence electrons. The summed E-state index contributed by atoms with van der Waals surface area (Å²) in [6.07, 6.45) is 0. The van der Waals surface area contributed by atoms with E-state index in [9.17, 15) is 14.4 Å². The summed E-state index contributed by atoms with van der Waals surface area (Å²) in [6, 6.07) is 21.4. The average molecular weight is 428 g/mol. The van der Waals surface area contributed by atoms with Crippen LogP contribution in [0.5, 0.6) is 0 Å². The lowest BCUT2D eigenvalue weighted by Crippen LogP contribution is -2.33. The molecule has 0 saturated carbocycles. The van der Waals surface area contributed by atoms with Crippen LogP contribution in [0.4, 0.5) is 0 Å². The summed E-state index contributed by atoms with van der Waals surface area (Å²) >= 11 is 0. The molecule has 2 N–H and O–H groups in total. The summed E-state index contributed by atoms with van der Waals surface area (Å²) in [5.41, 5.74) is 2.38. The SMILES string of the molecule is CN(C)Cc1ccccc1CNC(=O)c1ccc2c(=O)n(-c3ccccc3)c(=O)[nH]c2c1. The summed E-state index contributed by atoms with van der Waals surface area (Å²) in [4.78, 5) is 43.0. The zero-order valence-electron chi connectivity index (χ0n) is 18.0. The summed E-state index contributed by atoms with van der Waals surface area (Å²) in [6.45, 7) is 1.16. The Hall–Kier alpha value is -3.97. The van der Waals surface area contributed by atoms with Gasteiger partial charge in [-0.25, -0.2) is 9.36 Å². The Morgan fingerprint density at radius 2 is 1.62 bits per heavy atom. The molecule has 7 nitrogen and oxygen atoms in total. The van der Waals surface area contributed by atoms with Crippen LogP contribution in [0.2, 0.25) is 0 Å². The molecule has 0 bridgehead atoms. The van der Waals surface area contributed by atoms with E-state index in [4.69, 9.17) is 0 Å². The van der Waals surface area contributed by atoms with Gasteiger partial charge in [-0.1, -0.05) is 42.5 Å². The maximum atomic E-state index is 12.9. The van der Waals surface area contributed by atoms with Crippen molar-refractivity contribution >= 4 is 16.8 Å². The van der Waals surface area contributed by atoms with Crippen molar-refractivity contribution in [1.29, 1.82) is 0 Å². The fourth-order valence-corrected chi connectivity index (χ4v) is 3.67. The van der Waals surface area contributed by atoms with E-state index in [2.05, 4.69) is 15.2 Å². The predicted molar refractivity (Wildman–Crippen MR) is 125 cm³/mol. The second-order valence-corrected chi connectivity index (χ2v) is 7.86. The molecule has 7 heteroatoms. The molecule has 0 spiro atoms. The van der Waals surface area contributed by atoms with Gasteiger partial charge in [-0.2, -0.15) is 0 Å². The summed E-state index contributed by atoms with van der Waals surface area (Å²) < 4.78 is 1.09. The zero-order chi connectivity index (χ0) is 22.7. The van der Waals surface area contributed by atoms with Crippen molar-refractivity contribution in [2.45, 2.75) is 13.1 Å². The van der Waals surface area contributed by atoms with Crippen LogP contribution in [0.1, 0.15) is 21.5 Å². The van der Waals surface area contributed by atoms with Crippen LogP contribution in [-0.2, 0) is 13.1 Å². The number of nitrogens with one attached hydrogen (secondary N) is 2. The molecule has 1 aromatic heterocycles. The first-order chi connectivity index (χ1) is 15.4. The van der Waals surface area contributed by atoms with Gasteiger partial charge in [-0.05, 0) is 55.6 Å². The normalized spacial score (nSPS) is 11.1. The Labute approximate surface area is 184 Å². The third-order valence-corrected chi connectivity index (χ3v) is 5.22. The van der Waals surface area contributed by atoms with E-state index in [1.54, 1.807) is 36.4 Å². The van der Waals surface area contributed by atoms with Gasteiger partial charge in [0.25, 0.3) is 11.5 Å². The molecule has 0 aliphatic rings. The molecular weight excluding hydrogens is 404 g/mol. The highest BCUT2D eigenvalue weighted by Crippen LogP contribution is 2.13. The molecule has 0 aliphatic carbocycles. The second kappa shape index (κ2) is 9.03. The highest BCUT2D eigenvalue weighted by atomic mass is 16.2. The molecule has 0 saturated heterocycles. The van der Waals surface area contributed by atoms with Gasteiger partial charge in [0.2, 0.25) is 0 Å². The Kier molecular flexibility index (Phi) is 6.00. The highest BCUT2D eigenvalue weighted by Gasteiger charge is 2.13. The van der Waals surface area contributed by atoms with Crippen LogP contribution in [0.25, 0.3) is 16.6 Å². The number of fused-ring (bicyclic) bond motifs is 1. The topological polar surface area (TPSA) is 87.2 Å². The minimum absolute atomic E-state index is 0.278. The van der Waals surface area contributed by atoms with Gasteiger partial charge in [-0.3, -0.25) is 9.59 Å². The van der Waals surface area contributed by atoms with Gasteiger partial charge in [0.15, 0.2) is 0 Å². The van der Waals surface area contributed by atoms with Crippen LogP contribution in [0.3, 0.4) is 0 Å². The Morgan fingerprint density at radius 1 is 0.938 bits per heavy atom. The zero-order valence-corrected chi connectivity index (χ0v) is 18.0. The monoisotopic (exact) mass is 428 g/mol. The van der Waals surface area contributed by atoms with E-state index in [0.717, 1.165) is 22.2 Å². The van der Waals surface area contributed by atoms with E-state index < -0.39 is 11.2 Å². The van der Waals surface area contributed by atoms with E-state index in [0.29, 0.717) is 28.7 Å². The molecule has 0 fully saturated rings. The number of H-pyrrole nitrogens is 1. The van der Waals surface area contributed by atoms with Crippen LogP contribution >= 0.6 is 0 Å². The lowest BCUT2D eigenvalue weighted by atomic mass is 10.1. The van der Waals surface area contributed by atoms with Crippen molar-refractivity contribution in [2.75, 3.05) is 14.1 Å². The Morgan fingerprint density at radius 3 is 2.34 bits per heavy atom. The maximum absolute atomic E-state index is 12.9. The summed E-state index contributed by atoms with van der Waals surface area (Å²) in [7, 11) is 3.99. The number of carbonyl (C=O) groups excluding carboxylic acids is 1. The average Bonchev–Trinajstić information content (AvgIpc) is 2.78. The second-order valence-electron chi connectivity index (χ2n) is 7.86. The van der Waals surface area contributed by atoms with Crippen LogP contribution in [0.15, 0.2) is 82.4 Å². The number of carbonyl (C=O) groups is 1. The van der Waals surface area contributed by atoms with Crippen molar-refractivity contribution < 1.29 is 4.79 Å². The molecule has 1 amide bonds. The smallest absolute Gasteiger partial charge is 0.333 e. The molecule has 4 aromatic rings. The third kappa shape index (κ3) is 4.38. The third-order valence-electron chi connectivity index (χ3n) is 5.22. The van der Waals surface area contributed by atoms with Crippen molar-refractivity contribution in [3.8, 4) is 5.69 Å². The first-order valence-electron chi connectivity index (χ1n) is 10.3. The summed E-state index contributed by atoms with van der Waals surface area (Å²) in [5.74, 6) is -0.278. The number of aromatic nitrogens is 2. The van der Waals surface area contributed by atoms with Gasteiger partial charge in [0, 0.05) is 18.7 Å². The minimum atomic E-state index is -0.552. The number of amides is 1. The standard InChI is InChI=1S/C25H24N4O3/c1-28(2)16-19-9-7-6-8-18(19)15-26-23(30)17-12-13-21-22(14-17)27-25(32)29(24(21)31)20-10-4-3-5-11-20/h3-14H,15-16H2,1-2H3,(H,26,30)(H,27,32). The van der Waals surface area contributed by atoms with E-state index in [-0.39, 0.29) is 5.91 Å². The molecule has 0 aliphatic heterocycles. The molecule has 32 heavy (non-hydrogen) atoms. The lowest BCUT2D eigenvalue weighted by Gasteiger charge is -2.14. The van der Waals surface area contributed by atoms with Crippen LogP contribution in [0, 0.1) is 0 Å². The molecule has 0 radical (unpaired) electrons. The number of aromatic amines is 1. The lowest BCUT2D eigenvalue weighted by molar-refractivity contribution is 0.0951. The molecule has 1 heterocycles. The Bertz CT molecular complexity index is 1390. The minimum Gasteiger partial charge on any atom is -0.348 e. The molecule has 4 rings (SSSR count). The van der Waals surface area contributed by atoms with Crippen LogP contribution in [-0.4, -0.2) is 34.5 Å². The van der Waals surface area contributed by atoms with Gasteiger partial charge in [0.1, 0.15) is 0 Å². The van der Waals surface area contributed by atoms with Gasteiger partial charge >= 0.3 is 5.69 Å². The molecule has 0 atom stereocenters. The number of nitrogens with zero attached hydrogens (tertiary/aromatic N) is 2. The largest absolute Gasteiger partial charge is 0.348 e. The van der Waals surface area contributed by atoms with E-state index in [1.165, 1.54) is 6.07 Å². The number of rotatable bonds is 6. The number of hydrogen-bond donors (Lipinski definition) is 2. The molecule has 3 aromatic carbocycles. The summed E-state index contributed by atoms with van der Waals surface area (Å²) in [5, 5.41) is 3.26. The number of para-hydroxylation sites is 1. The van der Waals surface area contributed by atoms with Crippen LogP contribution < -0.4 is 16.6 Å². The number of hydrogen-bond acceptors (Lipinski definition) is 4. The van der Waals surface area contributed by atoms with Crippen molar-refractivity contribution in [1.82, 2.24) is 19.8 Å². The molecule has 0 unspecified atom stereocenters. The Balaban J connectivity index is 1.60. The first kappa shape index (κ1) is 21.3. The quantitative estimate of drug-likeness (QED) is 0.494. The van der Waals surface area contributed by atoms with Gasteiger partial charge < -0.3 is 15.2 Å². The first-order valence-corrected chi connectivity index (χ1v) is 10.3. The molecular formula is C25H24N4O3. The van der Waals surface area contributed by atoms with Gasteiger partial charge in [0.05, 0.1) is 16.6 Å². The fourth-order valence-electron chi connectivity index (χ4n) is 3.67. The van der Waals surface area contributed by atoms with E-state index in [1.807, 2.05) is 44.4 Å². The highest BCUT2D eigenvalue weighted by molar-refractivity contribution is 5.97. The predicted octanol–water partition coefficient (Wildman–Crippen LogP) is 2.67.